The van der Waals surface area contributed by atoms with E-state index in [0.717, 1.165) is 18.4 Å². The van der Waals surface area contributed by atoms with Gasteiger partial charge >= 0.3 is 0 Å². The Morgan fingerprint density at radius 2 is 1.86 bits per heavy atom. The van der Waals surface area contributed by atoms with Crippen molar-refractivity contribution in [1.82, 2.24) is 0 Å². The summed E-state index contributed by atoms with van der Waals surface area (Å²) in [4.78, 5) is 0. The van der Waals surface area contributed by atoms with Crippen molar-refractivity contribution in [1.29, 1.82) is 0 Å². The highest BCUT2D eigenvalue weighted by Crippen LogP contribution is 2.38. The van der Waals surface area contributed by atoms with Gasteiger partial charge in [0.15, 0.2) is 0 Å². The van der Waals surface area contributed by atoms with E-state index >= 15 is 0 Å². The van der Waals surface area contributed by atoms with Gasteiger partial charge in [0.25, 0.3) is 0 Å². The normalized spacial score (nSPS) is 34.9. The highest BCUT2D eigenvalue weighted by molar-refractivity contribution is 4.83. The molecule has 3 atom stereocenters. The monoisotopic (exact) mass is 200 g/mol. The molecule has 0 bridgehead atoms. The molecule has 2 fully saturated rings. The molecule has 1 aliphatic carbocycles. The van der Waals surface area contributed by atoms with E-state index in [-0.39, 0.29) is 7.43 Å². The van der Waals surface area contributed by atoms with Gasteiger partial charge in [-0.1, -0.05) is 34.6 Å². The highest BCUT2D eigenvalue weighted by Gasteiger charge is 2.33. The lowest BCUT2D eigenvalue weighted by Gasteiger charge is -2.29. The number of hydrogen-bond donors (Lipinski definition) is 0. The van der Waals surface area contributed by atoms with E-state index in [1.54, 1.807) is 0 Å². The van der Waals surface area contributed by atoms with E-state index in [9.17, 15) is 0 Å². The van der Waals surface area contributed by atoms with Crippen molar-refractivity contribution in [2.24, 2.45) is 11.8 Å². The van der Waals surface area contributed by atoms with Crippen molar-refractivity contribution in [3.63, 3.8) is 0 Å². The molecule has 0 radical (unpaired) electrons. The first-order chi connectivity index (χ1) is 6.40. The molecule has 1 saturated heterocycles. The fourth-order valence-corrected chi connectivity index (χ4v) is 2.60. The molecule has 1 saturated carbocycles. The lowest BCUT2D eigenvalue weighted by Crippen LogP contribution is -2.25. The van der Waals surface area contributed by atoms with E-state index in [2.05, 4.69) is 6.92 Å². The number of rotatable bonds is 1. The van der Waals surface area contributed by atoms with Crippen LogP contribution in [0, 0.1) is 11.8 Å². The molecule has 0 aromatic rings. The van der Waals surface area contributed by atoms with E-state index in [1.807, 2.05) is 13.8 Å². The topological polar surface area (TPSA) is 9.23 Å². The van der Waals surface area contributed by atoms with Crippen LogP contribution >= 0.6 is 0 Å². The summed E-state index contributed by atoms with van der Waals surface area (Å²) >= 11 is 0. The minimum absolute atomic E-state index is 0. The lowest BCUT2D eigenvalue weighted by molar-refractivity contribution is 0.0511. The van der Waals surface area contributed by atoms with Crippen molar-refractivity contribution in [3.8, 4) is 0 Å². The van der Waals surface area contributed by atoms with Crippen LogP contribution in [0.2, 0.25) is 0 Å². The molecule has 2 aliphatic rings. The molecular weight excluding hydrogens is 172 g/mol. The summed E-state index contributed by atoms with van der Waals surface area (Å²) in [7, 11) is 0. The second-order valence-corrected chi connectivity index (χ2v) is 4.05. The van der Waals surface area contributed by atoms with Crippen molar-refractivity contribution in [3.05, 3.63) is 0 Å². The van der Waals surface area contributed by atoms with Crippen LogP contribution in [-0.4, -0.2) is 12.7 Å². The average Bonchev–Trinajstić information content (AvgIpc) is 2.67. The van der Waals surface area contributed by atoms with Crippen LogP contribution in [0.1, 0.15) is 60.3 Å². The maximum Gasteiger partial charge on any atom is 0.0604 e. The molecule has 1 heteroatoms. The Morgan fingerprint density at radius 3 is 2.50 bits per heavy atom. The third-order valence-corrected chi connectivity index (χ3v) is 3.42. The number of fused-ring (bicyclic) bond motifs is 1. The van der Waals surface area contributed by atoms with Crippen molar-refractivity contribution in [2.75, 3.05) is 6.61 Å². The highest BCUT2D eigenvalue weighted by atomic mass is 16.5. The second kappa shape index (κ2) is 7.28. The zero-order valence-electron chi connectivity index (χ0n) is 9.38. The minimum Gasteiger partial charge on any atom is -0.378 e. The Bertz CT molecular complexity index is 133. The lowest BCUT2D eigenvalue weighted by atomic mass is 9.78. The van der Waals surface area contributed by atoms with Crippen LogP contribution in [-0.2, 0) is 4.74 Å². The first kappa shape index (κ1) is 14.0. The maximum atomic E-state index is 5.65. The zero-order valence-corrected chi connectivity index (χ0v) is 9.38. The van der Waals surface area contributed by atoms with Gasteiger partial charge in [-0.2, -0.15) is 0 Å². The molecule has 1 nitrogen and oxygen atoms in total. The summed E-state index contributed by atoms with van der Waals surface area (Å²) in [6.45, 7) is 7.35. The standard InChI is InChI=1S/C10H18O.C2H6.CH4/c1-2-8-3-4-10-9(7-8)5-6-11-10;1-2;/h8-10H,2-7H2,1H3;1-2H3;1H4/t8-,9?,10?;;/m0../s1. The van der Waals surface area contributed by atoms with Gasteiger partial charge in [0.05, 0.1) is 6.10 Å². The molecule has 0 N–H and O–H groups in total. The molecule has 14 heavy (non-hydrogen) atoms. The Labute approximate surface area is 90.2 Å². The summed E-state index contributed by atoms with van der Waals surface area (Å²) in [6.07, 6.45) is 7.56. The molecule has 2 unspecified atom stereocenters. The first-order valence-corrected chi connectivity index (χ1v) is 6.01. The second-order valence-electron chi connectivity index (χ2n) is 4.05. The van der Waals surface area contributed by atoms with Gasteiger partial charge in [-0.15, -0.1) is 0 Å². The SMILES string of the molecule is C.CC.CC[C@H]1CCC2OCCC2C1. The quantitative estimate of drug-likeness (QED) is 0.614. The summed E-state index contributed by atoms with van der Waals surface area (Å²) in [5, 5.41) is 0. The van der Waals surface area contributed by atoms with E-state index < -0.39 is 0 Å². The molecule has 2 rings (SSSR count). The summed E-state index contributed by atoms with van der Waals surface area (Å²) in [6, 6.07) is 0. The van der Waals surface area contributed by atoms with Gasteiger partial charge in [-0.25, -0.2) is 0 Å². The maximum absolute atomic E-state index is 5.65. The van der Waals surface area contributed by atoms with E-state index in [4.69, 9.17) is 4.74 Å². The Kier molecular flexibility index (Phi) is 7.26. The molecule has 1 aliphatic heterocycles. The fraction of sp³-hybridized carbons (Fsp3) is 1.00. The van der Waals surface area contributed by atoms with Gasteiger partial charge < -0.3 is 4.74 Å². The van der Waals surface area contributed by atoms with E-state index in [1.165, 1.54) is 32.1 Å². The zero-order chi connectivity index (χ0) is 9.68. The van der Waals surface area contributed by atoms with Gasteiger partial charge in [0, 0.05) is 6.61 Å². The van der Waals surface area contributed by atoms with Crippen LogP contribution in [0.5, 0.6) is 0 Å². The van der Waals surface area contributed by atoms with Crippen LogP contribution in [0.4, 0.5) is 0 Å². The predicted molar refractivity (Wildman–Crippen MR) is 63.6 cm³/mol. The number of ether oxygens (including phenoxy) is 1. The molecule has 0 amide bonds. The van der Waals surface area contributed by atoms with Crippen molar-refractivity contribution < 1.29 is 4.74 Å². The predicted octanol–water partition coefficient (Wildman–Crippen LogP) is 4.26. The molecule has 1 heterocycles. The summed E-state index contributed by atoms with van der Waals surface area (Å²) < 4.78 is 5.65. The number of hydrogen-bond acceptors (Lipinski definition) is 1. The van der Waals surface area contributed by atoms with E-state index in [0.29, 0.717) is 6.10 Å². The van der Waals surface area contributed by atoms with Crippen LogP contribution in [0.3, 0.4) is 0 Å². The van der Waals surface area contributed by atoms with Crippen LogP contribution in [0.25, 0.3) is 0 Å². The van der Waals surface area contributed by atoms with Crippen molar-refractivity contribution in [2.45, 2.75) is 66.4 Å². The Hall–Kier alpha value is -0.0400. The third-order valence-electron chi connectivity index (χ3n) is 3.42. The summed E-state index contributed by atoms with van der Waals surface area (Å²) in [5.74, 6) is 1.94. The first-order valence-electron chi connectivity index (χ1n) is 6.01. The molecular formula is C13H28O. The molecule has 0 aromatic carbocycles. The van der Waals surface area contributed by atoms with Gasteiger partial charge in [0.2, 0.25) is 0 Å². The van der Waals surface area contributed by atoms with Crippen LogP contribution in [0.15, 0.2) is 0 Å². The van der Waals surface area contributed by atoms with Crippen LogP contribution < -0.4 is 0 Å². The van der Waals surface area contributed by atoms with Gasteiger partial charge in [0.1, 0.15) is 0 Å². The molecule has 0 aromatic heterocycles. The largest absolute Gasteiger partial charge is 0.378 e. The minimum atomic E-state index is 0. The summed E-state index contributed by atoms with van der Waals surface area (Å²) in [5.41, 5.74) is 0. The Balaban J connectivity index is 0.000000531. The van der Waals surface area contributed by atoms with Gasteiger partial charge in [-0.05, 0) is 37.5 Å². The smallest absolute Gasteiger partial charge is 0.0604 e. The molecule has 0 spiro atoms. The molecule has 86 valence electrons. The fourth-order valence-electron chi connectivity index (χ4n) is 2.60. The van der Waals surface area contributed by atoms with Crippen molar-refractivity contribution >= 4 is 0 Å². The average molecular weight is 200 g/mol. The third kappa shape index (κ3) is 3.27. The Morgan fingerprint density at radius 1 is 1.14 bits per heavy atom. The van der Waals surface area contributed by atoms with Gasteiger partial charge in [-0.3, -0.25) is 0 Å².